The van der Waals surface area contributed by atoms with Gasteiger partial charge >= 0.3 is 0 Å². The molecule has 1 saturated heterocycles. The van der Waals surface area contributed by atoms with E-state index in [9.17, 15) is 4.79 Å². The SMILES string of the molecule is COc1ccc(CCNc2nc(-c3ccc(C(=O)N4CCN(C)CC4)cc3)nc3c2ncn3C(C)C)cc1. The van der Waals surface area contributed by atoms with Crippen molar-refractivity contribution in [2.75, 3.05) is 52.2 Å². The number of nitrogens with one attached hydrogen (secondary N) is 1. The van der Waals surface area contributed by atoms with Crippen LogP contribution in [0.25, 0.3) is 22.6 Å². The molecule has 1 amide bonds. The average molecular weight is 514 g/mol. The van der Waals surface area contributed by atoms with E-state index in [1.165, 1.54) is 5.56 Å². The molecule has 2 aromatic heterocycles. The monoisotopic (exact) mass is 513 g/mol. The van der Waals surface area contributed by atoms with Crippen molar-refractivity contribution in [2.24, 2.45) is 0 Å². The molecule has 1 aliphatic rings. The molecule has 0 bridgehead atoms. The number of anilines is 1. The number of benzene rings is 2. The van der Waals surface area contributed by atoms with Crippen LogP contribution in [0.3, 0.4) is 0 Å². The van der Waals surface area contributed by atoms with Crippen molar-refractivity contribution in [3.63, 3.8) is 0 Å². The Bertz CT molecular complexity index is 1390. The number of imidazole rings is 1. The molecule has 9 nitrogen and oxygen atoms in total. The van der Waals surface area contributed by atoms with Crippen molar-refractivity contribution < 1.29 is 9.53 Å². The highest BCUT2D eigenvalue weighted by Crippen LogP contribution is 2.26. The molecule has 3 heterocycles. The summed E-state index contributed by atoms with van der Waals surface area (Å²) >= 11 is 0. The predicted octanol–water partition coefficient (Wildman–Crippen LogP) is 4.13. The maximum absolute atomic E-state index is 13.0. The molecule has 198 valence electrons. The van der Waals surface area contributed by atoms with Gasteiger partial charge in [-0.25, -0.2) is 15.0 Å². The minimum atomic E-state index is 0.0693. The van der Waals surface area contributed by atoms with Crippen molar-refractivity contribution in [1.29, 1.82) is 0 Å². The number of carbonyl (C=O) groups excluding carboxylic acids is 1. The zero-order valence-corrected chi connectivity index (χ0v) is 22.5. The predicted molar refractivity (Wildman–Crippen MR) is 150 cm³/mol. The molecule has 0 atom stereocenters. The van der Waals surface area contributed by atoms with Crippen LogP contribution in [0, 0.1) is 0 Å². The molecule has 0 saturated carbocycles. The number of hydrogen-bond donors (Lipinski definition) is 1. The van der Waals surface area contributed by atoms with Gasteiger partial charge in [-0.1, -0.05) is 24.3 Å². The van der Waals surface area contributed by atoms with E-state index in [4.69, 9.17) is 14.7 Å². The summed E-state index contributed by atoms with van der Waals surface area (Å²) in [6.45, 7) is 8.22. The van der Waals surface area contributed by atoms with Gasteiger partial charge in [0.25, 0.3) is 5.91 Å². The van der Waals surface area contributed by atoms with E-state index < -0.39 is 0 Å². The summed E-state index contributed by atoms with van der Waals surface area (Å²) in [5.41, 5.74) is 4.28. The molecule has 1 fully saturated rings. The second-order valence-electron chi connectivity index (χ2n) is 10.0. The first kappa shape index (κ1) is 25.7. The molecule has 0 unspecified atom stereocenters. The van der Waals surface area contributed by atoms with Gasteiger partial charge in [0, 0.05) is 49.9 Å². The first-order valence-electron chi connectivity index (χ1n) is 13.1. The molecule has 2 aromatic carbocycles. The van der Waals surface area contributed by atoms with Crippen LogP contribution in [-0.4, -0.2) is 82.1 Å². The van der Waals surface area contributed by atoms with Crippen molar-refractivity contribution in [3.05, 3.63) is 66.0 Å². The number of ether oxygens (including phenoxy) is 1. The van der Waals surface area contributed by atoms with E-state index >= 15 is 0 Å². The summed E-state index contributed by atoms with van der Waals surface area (Å²) in [4.78, 5) is 31.5. The number of fused-ring (bicyclic) bond motifs is 1. The molecule has 5 rings (SSSR count). The minimum Gasteiger partial charge on any atom is -0.497 e. The largest absolute Gasteiger partial charge is 0.497 e. The maximum Gasteiger partial charge on any atom is 0.253 e. The third-order valence-electron chi connectivity index (χ3n) is 7.02. The Morgan fingerprint density at radius 2 is 1.71 bits per heavy atom. The number of piperazine rings is 1. The molecular formula is C29H35N7O2. The minimum absolute atomic E-state index is 0.0693. The van der Waals surface area contributed by atoms with E-state index in [2.05, 4.69) is 52.8 Å². The molecule has 1 N–H and O–H groups in total. The first-order valence-corrected chi connectivity index (χ1v) is 13.1. The van der Waals surface area contributed by atoms with Gasteiger partial charge in [-0.15, -0.1) is 0 Å². The van der Waals surface area contributed by atoms with Crippen molar-refractivity contribution in [1.82, 2.24) is 29.3 Å². The van der Waals surface area contributed by atoms with Gasteiger partial charge < -0.3 is 24.4 Å². The number of rotatable bonds is 8. The Kier molecular flexibility index (Phi) is 7.55. The highest BCUT2D eigenvalue weighted by Gasteiger charge is 2.21. The Balaban J connectivity index is 1.38. The van der Waals surface area contributed by atoms with E-state index in [0.29, 0.717) is 23.8 Å². The lowest BCUT2D eigenvalue weighted by Gasteiger charge is -2.32. The van der Waals surface area contributed by atoms with Crippen LogP contribution in [-0.2, 0) is 6.42 Å². The molecule has 0 aliphatic carbocycles. The molecular weight excluding hydrogens is 478 g/mol. The second-order valence-corrected chi connectivity index (χ2v) is 10.0. The fourth-order valence-electron chi connectivity index (χ4n) is 4.62. The van der Waals surface area contributed by atoms with E-state index in [-0.39, 0.29) is 11.9 Å². The summed E-state index contributed by atoms with van der Waals surface area (Å²) in [6, 6.07) is 15.9. The van der Waals surface area contributed by atoms with Crippen molar-refractivity contribution >= 4 is 22.9 Å². The Morgan fingerprint density at radius 1 is 1.00 bits per heavy atom. The van der Waals surface area contributed by atoms with Crippen LogP contribution < -0.4 is 10.1 Å². The van der Waals surface area contributed by atoms with Crippen LogP contribution in [0.15, 0.2) is 54.9 Å². The van der Waals surface area contributed by atoms with Gasteiger partial charge in [0.2, 0.25) is 0 Å². The van der Waals surface area contributed by atoms with Gasteiger partial charge in [0.15, 0.2) is 17.3 Å². The molecule has 9 heteroatoms. The molecule has 0 spiro atoms. The number of hydrogen-bond acceptors (Lipinski definition) is 7. The lowest BCUT2D eigenvalue weighted by molar-refractivity contribution is 0.0664. The molecule has 1 aliphatic heterocycles. The summed E-state index contributed by atoms with van der Waals surface area (Å²) < 4.78 is 7.31. The Morgan fingerprint density at radius 3 is 2.37 bits per heavy atom. The van der Waals surface area contributed by atoms with Crippen LogP contribution in [0.4, 0.5) is 5.82 Å². The highest BCUT2D eigenvalue weighted by atomic mass is 16.5. The second kappa shape index (κ2) is 11.2. The number of carbonyl (C=O) groups is 1. The standard InChI is InChI=1S/C29H35N7O2/c1-20(2)36-19-31-25-27(30-14-13-21-5-11-24(38-4)12-6-21)32-26(33-28(25)36)22-7-9-23(10-8-22)29(37)35-17-15-34(3)16-18-35/h5-12,19-20H,13-18H2,1-4H3,(H,30,32,33). The number of aromatic nitrogens is 4. The van der Waals surface area contributed by atoms with E-state index in [1.54, 1.807) is 7.11 Å². The van der Waals surface area contributed by atoms with Crippen molar-refractivity contribution in [2.45, 2.75) is 26.3 Å². The fourth-order valence-corrected chi connectivity index (χ4v) is 4.62. The molecule has 0 radical (unpaired) electrons. The Hall–Kier alpha value is -3.98. The number of methoxy groups -OCH3 is 1. The maximum atomic E-state index is 13.0. The summed E-state index contributed by atoms with van der Waals surface area (Å²) in [6.07, 6.45) is 2.65. The highest BCUT2D eigenvalue weighted by molar-refractivity contribution is 5.95. The molecule has 38 heavy (non-hydrogen) atoms. The summed E-state index contributed by atoms with van der Waals surface area (Å²) in [5, 5.41) is 3.48. The number of amides is 1. The lowest BCUT2D eigenvalue weighted by atomic mass is 10.1. The first-order chi connectivity index (χ1) is 18.4. The zero-order valence-electron chi connectivity index (χ0n) is 22.5. The number of nitrogens with zero attached hydrogens (tertiary/aromatic N) is 6. The van der Waals surface area contributed by atoms with Crippen LogP contribution in [0.1, 0.15) is 35.8 Å². The molecule has 4 aromatic rings. The van der Waals surface area contributed by atoms with E-state index in [0.717, 1.165) is 55.1 Å². The van der Waals surface area contributed by atoms with Crippen LogP contribution in [0.5, 0.6) is 5.75 Å². The fraction of sp³-hybridized carbons (Fsp3) is 0.379. The van der Waals surface area contributed by atoms with Gasteiger partial charge in [0.1, 0.15) is 11.3 Å². The number of likely N-dealkylation sites (N-methyl/N-ethyl adjacent to an activating group) is 1. The normalized spacial score (nSPS) is 14.3. The average Bonchev–Trinajstić information content (AvgIpc) is 3.38. The van der Waals surface area contributed by atoms with Crippen molar-refractivity contribution in [3.8, 4) is 17.1 Å². The smallest absolute Gasteiger partial charge is 0.253 e. The summed E-state index contributed by atoms with van der Waals surface area (Å²) in [7, 11) is 3.75. The van der Waals surface area contributed by atoms with Gasteiger partial charge in [-0.3, -0.25) is 4.79 Å². The van der Waals surface area contributed by atoms with Crippen LogP contribution >= 0.6 is 0 Å². The van der Waals surface area contributed by atoms with Gasteiger partial charge in [0.05, 0.1) is 13.4 Å². The van der Waals surface area contributed by atoms with Crippen LogP contribution in [0.2, 0.25) is 0 Å². The quantitative estimate of drug-likeness (QED) is 0.379. The third-order valence-corrected chi connectivity index (χ3v) is 7.02. The zero-order chi connectivity index (χ0) is 26.6. The summed E-state index contributed by atoms with van der Waals surface area (Å²) in [5.74, 6) is 2.22. The van der Waals surface area contributed by atoms with Gasteiger partial charge in [-0.05, 0) is 57.1 Å². The Labute approximate surface area is 223 Å². The van der Waals surface area contributed by atoms with E-state index in [1.807, 2.05) is 47.6 Å². The topological polar surface area (TPSA) is 88.4 Å². The third kappa shape index (κ3) is 5.47. The lowest BCUT2D eigenvalue weighted by Crippen LogP contribution is -2.47. The van der Waals surface area contributed by atoms with Gasteiger partial charge in [-0.2, -0.15) is 0 Å².